The van der Waals surface area contributed by atoms with Crippen molar-refractivity contribution in [2.24, 2.45) is 11.8 Å². The SMILES string of the molecule is C=CCOC(=O)N1CC(C2CCCCC2)CCC1C(=O)O. The summed E-state index contributed by atoms with van der Waals surface area (Å²) in [6, 6.07) is -0.748. The van der Waals surface area contributed by atoms with Crippen LogP contribution in [0.25, 0.3) is 0 Å². The summed E-state index contributed by atoms with van der Waals surface area (Å²) in [6.45, 7) is 4.14. The summed E-state index contributed by atoms with van der Waals surface area (Å²) in [6.07, 6.45) is 8.61. The molecule has 0 radical (unpaired) electrons. The van der Waals surface area contributed by atoms with Crippen molar-refractivity contribution in [2.75, 3.05) is 13.2 Å². The van der Waals surface area contributed by atoms with E-state index in [0.717, 1.165) is 6.42 Å². The molecular formula is C16H25NO4. The Morgan fingerprint density at radius 1 is 1.14 bits per heavy atom. The standard InChI is InChI=1S/C16H25NO4/c1-2-10-21-16(20)17-11-13(8-9-14(17)15(18)19)12-6-4-3-5-7-12/h2,12-14H,1,3-11H2,(H,18,19). The number of piperidine rings is 1. The summed E-state index contributed by atoms with van der Waals surface area (Å²) in [5, 5.41) is 9.31. The van der Waals surface area contributed by atoms with E-state index in [9.17, 15) is 14.7 Å². The second-order valence-electron chi connectivity index (χ2n) is 6.11. The van der Waals surface area contributed by atoms with Crippen molar-refractivity contribution in [3.8, 4) is 0 Å². The smallest absolute Gasteiger partial charge is 0.410 e. The van der Waals surface area contributed by atoms with Crippen molar-refractivity contribution in [2.45, 2.75) is 51.0 Å². The molecule has 0 aromatic carbocycles. The number of carbonyl (C=O) groups excluding carboxylic acids is 1. The van der Waals surface area contributed by atoms with Gasteiger partial charge in [-0.3, -0.25) is 4.90 Å². The highest BCUT2D eigenvalue weighted by Crippen LogP contribution is 2.36. The van der Waals surface area contributed by atoms with Crippen LogP contribution in [0.15, 0.2) is 12.7 Å². The summed E-state index contributed by atoms with van der Waals surface area (Å²) in [7, 11) is 0. The van der Waals surface area contributed by atoms with E-state index in [2.05, 4.69) is 6.58 Å². The average molecular weight is 295 g/mol. The normalized spacial score (nSPS) is 27.1. The summed E-state index contributed by atoms with van der Waals surface area (Å²) in [5.74, 6) is 0.105. The van der Waals surface area contributed by atoms with Gasteiger partial charge in [-0.25, -0.2) is 9.59 Å². The molecule has 5 heteroatoms. The lowest BCUT2D eigenvalue weighted by atomic mass is 9.75. The van der Waals surface area contributed by atoms with Crippen molar-refractivity contribution < 1.29 is 19.4 Å². The van der Waals surface area contributed by atoms with Crippen molar-refractivity contribution in [3.05, 3.63) is 12.7 Å². The van der Waals surface area contributed by atoms with Gasteiger partial charge in [0.25, 0.3) is 0 Å². The van der Waals surface area contributed by atoms with Gasteiger partial charge < -0.3 is 9.84 Å². The average Bonchev–Trinajstić information content (AvgIpc) is 2.52. The Bertz CT molecular complexity index is 390. The van der Waals surface area contributed by atoms with Crippen molar-refractivity contribution in [3.63, 3.8) is 0 Å². The zero-order valence-electron chi connectivity index (χ0n) is 12.5. The van der Waals surface area contributed by atoms with Crippen LogP contribution in [0.3, 0.4) is 0 Å². The number of likely N-dealkylation sites (tertiary alicyclic amines) is 1. The summed E-state index contributed by atoms with van der Waals surface area (Å²) in [5.41, 5.74) is 0. The summed E-state index contributed by atoms with van der Waals surface area (Å²) >= 11 is 0. The number of amides is 1. The molecule has 0 aromatic heterocycles. The number of hydrogen-bond donors (Lipinski definition) is 1. The highest BCUT2D eigenvalue weighted by Gasteiger charge is 2.39. The first-order valence-electron chi connectivity index (χ1n) is 7.90. The quantitative estimate of drug-likeness (QED) is 0.809. The number of nitrogens with zero attached hydrogens (tertiary/aromatic N) is 1. The van der Waals surface area contributed by atoms with Gasteiger partial charge in [-0.2, -0.15) is 0 Å². The second kappa shape index (κ2) is 7.48. The molecule has 0 aromatic rings. The van der Waals surface area contributed by atoms with E-state index in [1.54, 1.807) is 0 Å². The fraction of sp³-hybridized carbons (Fsp3) is 0.750. The van der Waals surface area contributed by atoms with E-state index < -0.39 is 18.1 Å². The lowest BCUT2D eigenvalue weighted by Gasteiger charge is -2.40. The van der Waals surface area contributed by atoms with Gasteiger partial charge in [0.15, 0.2) is 0 Å². The highest BCUT2D eigenvalue weighted by molar-refractivity contribution is 5.80. The molecule has 5 nitrogen and oxygen atoms in total. The van der Waals surface area contributed by atoms with Crippen LogP contribution in [0.5, 0.6) is 0 Å². The predicted molar refractivity (Wildman–Crippen MR) is 79.0 cm³/mol. The largest absolute Gasteiger partial charge is 0.480 e. The van der Waals surface area contributed by atoms with Crippen molar-refractivity contribution in [1.29, 1.82) is 0 Å². The second-order valence-corrected chi connectivity index (χ2v) is 6.11. The monoisotopic (exact) mass is 295 g/mol. The van der Waals surface area contributed by atoms with Gasteiger partial charge in [0.2, 0.25) is 0 Å². The zero-order valence-corrected chi connectivity index (χ0v) is 12.5. The maximum absolute atomic E-state index is 12.1. The van der Waals surface area contributed by atoms with Crippen molar-refractivity contribution in [1.82, 2.24) is 4.90 Å². The number of hydrogen-bond acceptors (Lipinski definition) is 3. The third kappa shape index (κ3) is 3.99. The summed E-state index contributed by atoms with van der Waals surface area (Å²) in [4.78, 5) is 24.9. The third-order valence-corrected chi connectivity index (χ3v) is 4.78. The fourth-order valence-electron chi connectivity index (χ4n) is 3.66. The Kier molecular flexibility index (Phi) is 5.65. The van der Waals surface area contributed by atoms with Gasteiger partial charge in [0.1, 0.15) is 12.6 Å². The molecule has 1 N–H and O–H groups in total. The molecule has 118 valence electrons. The molecule has 2 unspecified atom stereocenters. The van der Waals surface area contributed by atoms with E-state index in [4.69, 9.17) is 4.74 Å². The Hall–Kier alpha value is -1.52. The van der Waals surface area contributed by atoms with Crippen molar-refractivity contribution >= 4 is 12.1 Å². The van der Waals surface area contributed by atoms with E-state index >= 15 is 0 Å². The molecule has 1 saturated carbocycles. The van der Waals surface area contributed by atoms with Crippen LogP contribution in [0.4, 0.5) is 4.79 Å². The van der Waals surface area contributed by atoms with Gasteiger partial charge in [0.05, 0.1) is 0 Å². The van der Waals surface area contributed by atoms with Crippen LogP contribution in [0.1, 0.15) is 44.9 Å². The first kappa shape index (κ1) is 15.9. The summed E-state index contributed by atoms with van der Waals surface area (Å²) < 4.78 is 5.05. The lowest BCUT2D eigenvalue weighted by molar-refractivity contribution is -0.144. The van der Waals surface area contributed by atoms with E-state index in [-0.39, 0.29) is 6.61 Å². The third-order valence-electron chi connectivity index (χ3n) is 4.78. The number of carboxylic acids is 1. The minimum absolute atomic E-state index is 0.121. The number of rotatable bonds is 4. The number of carboxylic acid groups (broad SMARTS) is 1. The van der Waals surface area contributed by atoms with Gasteiger partial charge in [-0.05, 0) is 24.7 Å². The molecule has 2 aliphatic rings. The topological polar surface area (TPSA) is 66.8 Å². The van der Waals surface area contributed by atoms with Crippen LogP contribution in [0, 0.1) is 11.8 Å². The molecule has 2 atom stereocenters. The van der Waals surface area contributed by atoms with E-state index in [1.807, 2.05) is 0 Å². The molecule has 2 rings (SSSR count). The number of ether oxygens (including phenoxy) is 1. The molecule has 1 saturated heterocycles. The molecule has 21 heavy (non-hydrogen) atoms. The lowest BCUT2D eigenvalue weighted by Crippen LogP contribution is -2.52. The predicted octanol–water partition coefficient (Wildman–Crippen LogP) is 3.05. The molecule has 1 aliphatic heterocycles. The Morgan fingerprint density at radius 2 is 1.86 bits per heavy atom. The number of carbonyl (C=O) groups is 2. The van der Waals surface area contributed by atoms with Crippen LogP contribution >= 0.6 is 0 Å². The van der Waals surface area contributed by atoms with Crippen LogP contribution in [-0.2, 0) is 9.53 Å². The Labute approximate surface area is 126 Å². The Morgan fingerprint density at radius 3 is 2.48 bits per heavy atom. The molecule has 1 heterocycles. The van der Waals surface area contributed by atoms with Gasteiger partial charge in [-0.1, -0.05) is 44.8 Å². The zero-order chi connectivity index (χ0) is 15.2. The van der Waals surface area contributed by atoms with Crippen LogP contribution in [-0.4, -0.2) is 41.3 Å². The van der Waals surface area contributed by atoms with Gasteiger partial charge in [0, 0.05) is 6.54 Å². The molecule has 0 spiro atoms. The Balaban J connectivity index is 2.02. The van der Waals surface area contributed by atoms with Gasteiger partial charge in [-0.15, -0.1) is 0 Å². The maximum atomic E-state index is 12.1. The van der Waals surface area contributed by atoms with E-state index in [1.165, 1.54) is 43.1 Å². The van der Waals surface area contributed by atoms with Crippen LogP contribution in [0.2, 0.25) is 0 Å². The molecular weight excluding hydrogens is 270 g/mol. The molecule has 1 amide bonds. The highest BCUT2D eigenvalue weighted by atomic mass is 16.6. The maximum Gasteiger partial charge on any atom is 0.410 e. The molecule has 0 bridgehead atoms. The van der Waals surface area contributed by atoms with E-state index in [0.29, 0.717) is 24.8 Å². The minimum atomic E-state index is -0.937. The van der Waals surface area contributed by atoms with Gasteiger partial charge >= 0.3 is 12.1 Å². The number of aliphatic carboxylic acids is 1. The fourth-order valence-corrected chi connectivity index (χ4v) is 3.66. The first-order valence-corrected chi connectivity index (χ1v) is 7.90. The molecule has 1 aliphatic carbocycles. The minimum Gasteiger partial charge on any atom is -0.480 e. The molecule has 2 fully saturated rings. The van der Waals surface area contributed by atoms with Crippen LogP contribution < -0.4 is 0 Å². The first-order chi connectivity index (χ1) is 10.1.